The van der Waals surface area contributed by atoms with Crippen LogP contribution < -0.4 is 10.5 Å². The Kier molecular flexibility index (Phi) is 2.76. The summed E-state index contributed by atoms with van der Waals surface area (Å²) in [6, 6.07) is 13.0. The molecule has 0 radical (unpaired) electrons. The minimum absolute atomic E-state index is 0.169. The summed E-state index contributed by atoms with van der Waals surface area (Å²) in [4.78, 5) is 4.29. The summed E-state index contributed by atoms with van der Waals surface area (Å²) in [6.45, 7) is 1.97. The average molecular weight is 268 g/mol. The van der Waals surface area contributed by atoms with Gasteiger partial charge >= 0.3 is 0 Å². The van der Waals surface area contributed by atoms with Crippen LogP contribution in [0.1, 0.15) is 16.7 Å². The van der Waals surface area contributed by atoms with Gasteiger partial charge in [0.2, 0.25) is 0 Å². The molecule has 3 rings (SSSR count). The number of methoxy groups -OCH3 is 1. The van der Waals surface area contributed by atoms with Crippen LogP contribution in [0.4, 0.5) is 5.69 Å². The molecule has 3 N–H and O–H groups in total. The summed E-state index contributed by atoms with van der Waals surface area (Å²) in [6.07, 6.45) is 0. The zero-order valence-electron chi connectivity index (χ0n) is 11.4. The highest BCUT2D eigenvalue weighted by atomic mass is 16.5. The molecular formula is C16H16N2O2. The van der Waals surface area contributed by atoms with Crippen LogP contribution in [0.3, 0.4) is 0 Å². The van der Waals surface area contributed by atoms with Crippen molar-refractivity contribution in [3.8, 4) is 5.75 Å². The molecule has 20 heavy (non-hydrogen) atoms. The summed E-state index contributed by atoms with van der Waals surface area (Å²) in [7, 11) is 1.57. The second kappa shape index (κ2) is 4.35. The number of rotatable bonds is 2. The molecule has 0 saturated carbocycles. The summed E-state index contributed by atoms with van der Waals surface area (Å²) in [5, 5.41) is 11.2. The standard InChI is InChI=1S/C16H16N2O2/c1-10-7-8-13-12(9-10)16(19,15(17)18-13)11-5-3-4-6-14(11)20-2/h3-9,19H,1-2H3,(H2,17,18). The summed E-state index contributed by atoms with van der Waals surface area (Å²) in [5.74, 6) is 0.755. The van der Waals surface area contributed by atoms with Crippen LogP contribution in [0.25, 0.3) is 0 Å². The highest BCUT2D eigenvalue weighted by molar-refractivity contribution is 6.01. The van der Waals surface area contributed by atoms with Gasteiger partial charge in [-0.25, -0.2) is 4.99 Å². The van der Waals surface area contributed by atoms with Gasteiger partial charge in [0.15, 0.2) is 5.60 Å². The van der Waals surface area contributed by atoms with Gasteiger partial charge in [-0.15, -0.1) is 0 Å². The fourth-order valence-electron chi connectivity index (χ4n) is 2.61. The second-order valence-corrected chi connectivity index (χ2v) is 4.93. The molecule has 0 aromatic heterocycles. The topological polar surface area (TPSA) is 67.8 Å². The van der Waals surface area contributed by atoms with Gasteiger partial charge in [0.05, 0.1) is 12.8 Å². The maximum absolute atomic E-state index is 11.2. The third-order valence-electron chi connectivity index (χ3n) is 3.65. The number of nitrogens with zero attached hydrogens (tertiary/aromatic N) is 1. The van der Waals surface area contributed by atoms with Crippen LogP contribution in [-0.2, 0) is 5.60 Å². The molecule has 1 aliphatic rings. The summed E-state index contributed by atoms with van der Waals surface area (Å²) < 4.78 is 5.35. The number of aliphatic imine (C=N–C) groups is 1. The fraction of sp³-hybridized carbons (Fsp3) is 0.188. The largest absolute Gasteiger partial charge is 0.496 e. The van der Waals surface area contributed by atoms with Gasteiger partial charge in [0.25, 0.3) is 0 Å². The van der Waals surface area contributed by atoms with E-state index in [1.165, 1.54) is 0 Å². The third-order valence-corrected chi connectivity index (χ3v) is 3.65. The number of para-hydroxylation sites is 1. The molecule has 1 atom stereocenters. The minimum Gasteiger partial charge on any atom is -0.496 e. The first kappa shape index (κ1) is 12.7. The molecule has 1 unspecified atom stereocenters. The number of hydrogen-bond donors (Lipinski definition) is 2. The van der Waals surface area contributed by atoms with E-state index >= 15 is 0 Å². The van der Waals surface area contributed by atoms with E-state index in [-0.39, 0.29) is 5.84 Å². The first-order chi connectivity index (χ1) is 9.57. The molecule has 0 aliphatic carbocycles. The lowest BCUT2D eigenvalue weighted by Gasteiger charge is -2.26. The monoisotopic (exact) mass is 268 g/mol. The number of aryl methyl sites for hydroxylation is 1. The molecule has 102 valence electrons. The van der Waals surface area contributed by atoms with Crippen molar-refractivity contribution >= 4 is 11.5 Å². The van der Waals surface area contributed by atoms with Crippen molar-refractivity contribution in [2.24, 2.45) is 10.7 Å². The first-order valence-corrected chi connectivity index (χ1v) is 6.39. The quantitative estimate of drug-likeness (QED) is 0.877. The van der Waals surface area contributed by atoms with Crippen LogP contribution >= 0.6 is 0 Å². The van der Waals surface area contributed by atoms with Gasteiger partial charge in [0.1, 0.15) is 11.6 Å². The third kappa shape index (κ3) is 1.62. The normalized spacial score (nSPS) is 20.4. The number of nitrogens with two attached hydrogens (primary N) is 1. The molecule has 0 fully saturated rings. The van der Waals surface area contributed by atoms with Gasteiger partial charge in [-0.1, -0.05) is 35.9 Å². The van der Waals surface area contributed by atoms with Gasteiger partial charge in [-0.3, -0.25) is 0 Å². The van der Waals surface area contributed by atoms with Crippen molar-refractivity contribution < 1.29 is 9.84 Å². The van der Waals surface area contributed by atoms with Gasteiger partial charge < -0.3 is 15.6 Å². The van der Waals surface area contributed by atoms with Gasteiger partial charge in [0, 0.05) is 11.1 Å². The van der Waals surface area contributed by atoms with Crippen molar-refractivity contribution in [1.82, 2.24) is 0 Å². The maximum Gasteiger partial charge on any atom is 0.178 e. The number of fused-ring (bicyclic) bond motifs is 1. The van der Waals surface area contributed by atoms with Gasteiger partial charge in [-0.2, -0.15) is 0 Å². The van der Waals surface area contributed by atoms with E-state index in [1.54, 1.807) is 19.2 Å². The molecule has 2 aromatic carbocycles. The second-order valence-electron chi connectivity index (χ2n) is 4.93. The highest BCUT2D eigenvalue weighted by Crippen LogP contribution is 2.44. The minimum atomic E-state index is -1.44. The molecule has 0 bridgehead atoms. The summed E-state index contributed by atoms with van der Waals surface area (Å²) in [5.41, 5.74) is 7.62. The van der Waals surface area contributed by atoms with Crippen LogP contribution in [0, 0.1) is 6.92 Å². The predicted molar refractivity (Wildman–Crippen MR) is 78.5 cm³/mol. The van der Waals surface area contributed by atoms with Crippen LogP contribution in [-0.4, -0.2) is 18.1 Å². The lowest BCUT2D eigenvalue weighted by Crippen LogP contribution is -2.39. The zero-order chi connectivity index (χ0) is 14.3. The van der Waals surface area contributed by atoms with Crippen LogP contribution in [0.15, 0.2) is 47.5 Å². The van der Waals surface area contributed by atoms with E-state index in [0.717, 1.165) is 5.56 Å². The Hall–Kier alpha value is -2.33. The molecule has 1 aliphatic heterocycles. The average Bonchev–Trinajstić information content (AvgIpc) is 2.72. The smallest absolute Gasteiger partial charge is 0.178 e. The fourth-order valence-corrected chi connectivity index (χ4v) is 2.61. The Morgan fingerprint density at radius 2 is 1.90 bits per heavy atom. The molecular weight excluding hydrogens is 252 g/mol. The Bertz CT molecular complexity index is 709. The molecule has 1 heterocycles. The molecule has 0 saturated heterocycles. The van der Waals surface area contributed by atoms with Crippen LogP contribution in [0.2, 0.25) is 0 Å². The van der Waals surface area contributed by atoms with Crippen molar-refractivity contribution in [1.29, 1.82) is 0 Å². The number of benzene rings is 2. The lowest BCUT2D eigenvalue weighted by molar-refractivity contribution is 0.154. The Labute approximate surface area is 117 Å². The SMILES string of the molecule is COc1ccccc1C1(O)C(N)=Nc2ccc(C)cc21. The Balaban J connectivity index is 2.28. The van der Waals surface area contributed by atoms with Crippen molar-refractivity contribution in [2.45, 2.75) is 12.5 Å². The Morgan fingerprint density at radius 1 is 1.15 bits per heavy atom. The van der Waals surface area contributed by atoms with E-state index in [2.05, 4.69) is 4.99 Å². The predicted octanol–water partition coefficient (Wildman–Crippen LogP) is 2.24. The molecule has 4 nitrogen and oxygen atoms in total. The van der Waals surface area contributed by atoms with Crippen molar-refractivity contribution in [3.05, 3.63) is 59.2 Å². The molecule has 0 spiro atoms. The number of aliphatic hydroxyl groups is 1. The number of ether oxygens (including phenoxy) is 1. The van der Waals surface area contributed by atoms with Crippen LogP contribution in [0.5, 0.6) is 5.75 Å². The number of hydrogen-bond acceptors (Lipinski definition) is 4. The van der Waals surface area contributed by atoms with E-state index in [0.29, 0.717) is 22.6 Å². The maximum atomic E-state index is 11.2. The van der Waals surface area contributed by atoms with Crippen molar-refractivity contribution in [3.63, 3.8) is 0 Å². The first-order valence-electron chi connectivity index (χ1n) is 6.39. The number of amidine groups is 1. The summed E-state index contributed by atoms with van der Waals surface area (Å²) >= 11 is 0. The van der Waals surface area contributed by atoms with E-state index in [1.807, 2.05) is 37.3 Å². The van der Waals surface area contributed by atoms with Gasteiger partial charge in [-0.05, 0) is 19.1 Å². The molecule has 0 amide bonds. The highest BCUT2D eigenvalue weighted by Gasteiger charge is 2.44. The lowest BCUT2D eigenvalue weighted by atomic mass is 9.85. The van der Waals surface area contributed by atoms with E-state index in [4.69, 9.17) is 10.5 Å². The van der Waals surface area contributed by atoms with E-state index < -0.39 is 5.60 Å². The Morgan fingerprint density at radius 3 is 2.65 bits per heavy atom. The molecule has 4 heteroatoms. The van der Waals surface area contributed by atoms with E-state index in [9.17, 15) is 5.11 Å². The molecule has 2 aromatic rings. The van der Waals surface area contributed by atoms with Crippen molar-refractivity contribution in [2.75, 3.05) is 7.11 Å². The zero-order valence-corrected chi connectivity index (χ0v) is 11.4.